The van der Waals surface area contributed by atoms with Crippen molar-refractivity contribution in [1.29, 1.82) is 0 Å². The number of halogens is 1. The molecular formula is C19H24BFN4O4. The highest BCUT2D eigenvalue weighted by Crippen LogP contribution is 2.19. The van der Waals surface area contributed by atoms with Crippen LogP contribution in [-0.2, 0) is 4.79 Å². The SMILES string of the molecule is CC(C)CC(NC(=O)CC(NC(=O)c1cnccn1)c1cccc(F)c1)B(O)O. The van der Waals surface area contributed by atoms with Gasteiger partial charge in [0.25, 0.3) is 5.91 Å². The second-order valence-electron chi connectivity index (χ2n) is 7.09. The van der Waals surface area contributed by atoms with Gasteiger partial charge < -0.3 is 20.7 Å². The number of hydrogen-bond acceptors (Lipinski definition) is 6. The van der Waals surface area contributed by atoms with Crippen LogP contribution in [0.5, 0.6) is 0 Å². The summed E-state index contributed by atoms with van der Waals surface area (Å²) in [5, 5.41) is 24.2. The predicted octanol–water partition coefficient (Wildman–Crippen LogP) is 1.02. The van der Waals surface area contributed by atoms with Crippen LogP contribution in [0.4, 0.5) is 4.39 Å². The van der Waals surface area contributed by atoms with E-state index in [2.05, 4.69) is 20.6 Å². The summed E-state index contributed by atoms with van der Waals surface area (Å²) in [5.74, 6) is -2.33. The van der Waals surface area contributed by atoms with Gasteiger partial charge in [0.15, 0.2) is 0 Å². The number of nitrogens with zero attached hydrogens (tertiary/aromatic N) is 2. The van der Waals surface area contributed by atoms with Crippen molar-refractivity contribution < 1.29 is 24.0 Å². The van der Waals surface area contributed by atoms with E-state index in [0.717, 1.165) is 0 Å². The molecule has 2 aromatic rings. The molecule has 154 valence electrons. The monoisotopic (exact) mass is 402 g/mol. The van der Waals surface area contributed by atoms with Gasteiger partial charge in [0.05, 0.1) is 24.6 Å². The van der Waals surface area contributed by atoms with Crippen molar-refractivity contribution in [3.63, 3.8) is 0 Å². The molecule has 0 aliphatic rings. The minimum atomic E-state index is -1.72. The third-order valence-corrected chi connectivity index (χ3v) is 4.17. The maximum Gasteiger partial charge on any atom is 0.475 e. The molecular weight excluding hydrogens is 378 g/mol. The fraction of sp³-hybridized carbons (Fsp3) is 0.368. The van der Waals surface area contributed by atoms with Gasteiger partial charge in [0.1, 0.15) is 11.5 Å². The Hall–Kier alpha value is -2.85. The predicted molar refractivity (Wildman–Crippen MR) is 105 cm³/mol. The van der Waals surface area contributed by atoms with E-state index in [1.165, 1.54) is 36.8 Å². The second kappa shape index (κ2) is 10.6. The Morgan fingerprint density at radius 3 is 2.55 bits per heavy atom. The van der Waals surface area contributed by atoms with E-state index in [0.29, 0.717) is 12.0 Å². The van der Waals surface area contributed by atoms with Gasteiger partial charge in [0, 0.05) is 12.4 Å². The average Bonchev–Trinajstić information content (AvgIpc) is 2.67. The van der Waals surface area contributed by atoms with Crippen molar-refractivity contribution in [3.05, 3.63) is 59.9 Å². The van der Waals surface area contributed by atoms with E-state index in [4.69, 9.17) is 0 Å². The molecule has 8 nitrogen and oxygen atoms in total. The van der Waals surface area contributed by atoms with Gasteiger partial charge >= 0.3 is 7.12 Å². The number of benzene rings is 1. The lowest BCUT2D eigenvalue weighted by atomic mass is 9.75. The van der Waals surface area contributed by atoms with Crippen molar-refractivity contribution in [3.8, 4) is 0 Å². The first-order valence-corrected chi connectivity index (χ1v) is 9.24. The first-order valence-electron chi connectivity index (χ1n) is 9.24. The van der Waals surface area contributed by atoms with Crippen LogP contribution in [0.25, 0.3) is 0 Å². The number of carbonyl (C=O) groups is 2. The van der Waals surface area contributed by atoms with Crippen LogP contribution in [0.15, 0.2) is 42.9 Å². The van der Waals surface area contributed by atoms with E-state index >= 15 is 0 Å². The van der Waals surface area contributed by atoms with Crippen LogP contribution in [0, 0.1) is 11.7 Å². The third-order valence-electron chi connectivity index (χ3n) is 4.17. The Kier molecular flexibility index (Phi) is 8.23. The highest BCUT2D eigenvalue weighted by atomic mass is 19.1. The smallest absolute Gasteiger partial charge is 0.426 e. The zero-order valence-electron chi connectivity index (χ0n) is 16.2. The summed E-state index contributed by atoms with van der Waals surface area (Å²) in [6, 6.07) is 4.69. The van der Waals surface area contributed by atoms with Crippen LogP contribution >= 0.6 is 0 Å². The Bertz CT molecular complexity index is 823. The Morgan fingerprint density at radius 1 is 1.21 bits per heavy atom. The van der Waals surface area contributed by atoms with Gasteiger partial charge in [-0.1, -0.05) is 26.0 Å². The summed E-state index contributed by atoms with van der Waals surface area (Å²) < 4.78 is 13.7. The first-order chi connectivity index (χ1) is 13.8. The quantitative estimate of drug-likeness (QED) is 0.465. The Labute approximate surface area is 168 Å². The molecule has 2 unspecified atom stereocenters. The zero-order chi connectivity index (χ0) is 21.4. The number of nitrogens with one attached hydrogen (secondary N) is 2. The number of amides is 2. The van der Waals surface area contributed by atoms with E-state index < -0.39 is 36.7 Å². The van der Waals surface area contributed by atoms with Crippen molar-refractivity contribution >= 4 is 18.9 Å². The maximum absolute atomic E-state index is 13.7. The van der Waals surface area contributed by atoms with Gasteiger partial charge in [-0.25, -0.2) is 9.37 Å². The molecule has 2 atom stereocenters. The van der Waals surface area contributed by atoms with Gasteiger partial charge in [-0.3, -0.25) is 14.6 Å². The fourth-order valence-corrected chi connectivity index (χ4v) is 2.84. The van der Waals surface area contributed by atoms with E-state index in [9.17, 15) is 24.0 Å². The van der Waals surface area contributed by atoms with Gasteiger partial charge in [-0.2, -0.15) is 0 Å². The lowest BCUT2D eigenvalue weighted by Gasteiger charge is -2.23. The first kappa shape index (κ1) is 22.4. The number of hydrogen-bond donors (Lipinski definition) is 4. The van der Waals surface area contributed by atoms with Crippen molar-refractivity contribution in [2.24, 2.45) is 5.92 Å². The highest BCUT2D eigenvalue weighted by Gasteiger charge is 2.28. The lowest BCUT2D eigenvalue weighted by Crippen LogP contribution is -2.48. The summed E-state index contributed by atoms with van der Waals surface area (Å²) in [6.07, 6.45) is 4.19. The molecule has 29 heavy (non-hydrogen) atoms. The van der Waals surface area contributed by atoms with Crippen LogP contribution in [0.2, 0.25) is 0 Å². The number of carbonyl (C=O) groups excluding carboxylic acids is 2. The molecule has 0 saturated carbocycles. The minimum Gasteiger partial charge on any atom is -0.426 e. The topological polar surface area (TPSA) is 124 Å². The zero-order valence-corrected chi connectivity index (χ0v) is 16.2. The lowest BCUT2D eigenvalue weighted by molar-refractivity contribution is -0.122. The third kappa shape index (κ3) is 7.24. The fourth-order valence-electron chi connectivity index (χ4n) is 2.84. The molecule has 0 radical (unpaired) electrons. The summed E-state index contributed by atoms with van der Waals surface area (Å²) in [5.41, 5.74) is 0.445. The van der Waals surface area contributed by atoms with Crippen LogP contribution in [0.1, 0.15) is 48.8 Å². The molecule has 1 aromatic carbocycles. The molecule has 2 amide bonds. The normalized spacial score (nSPS) is 12.9. The van der Waals surface area contributed by atoms with Crippen molar-refractivity contribution in [1.82, 2.24) is 20.6 Å². The average molecular weight is 402 g/mol. The molecule has 1 aromatic heterocycles. The van der Waals surface area contributed by atoms with Crippen LogP contribution < -0.4 is 10.6 Å². The van der Waals surface area contributed by atoms with E-state index in [1.54, 1.807) is 6.07 Å². The van der Waals surface area contributed by atoms with Gasteiger partial charge in [-0.05, 0) is 30.0 Å². The summed E-state index contributed by atoms with van der Waals surface area (Å²) in [7, 11) is -1.72. The second-order valence-corrected chi connectivity index (χ2v) is 7.09. The largest absolute Gasteiger partial charge is 0.475 e. The summed E-state index contributed by atoms with van der Waals surface area (Å²) >= 11 is 0. The standard InChI is InChI=1S/C19H24BFN4O4/c1-12(2)8-17(20(28)29)25-18(26)10-15(13-4-3-5-14(21)9-13)24-19(27)16-11-22-6-7-23-16/h3-7,9,11-12,15,17,28-29H,8,10H2,1-2H3,(H,24,27)(H,25,26). The van der Waals surface area contributed by atoms with Crippen molar-refractivity contribution in [2.45, 2.75) is 38.7 Å². The highest BCUT2D eigenvalue weighted by molar-refractivity contribution is 6.43. The van der Waals surface area contributed by atoms with Crippen LogP contribution in [-0.4, -0.2) is 44.9 Å². The summed E-state index contributed by atoms with van der Waals surface area (Å²) in [4.78, 5) is 32.7. The molecule has 10 heteroatoms. The minimum absolute atomic E-state index is 0.0535. The van der Waals surface area contributed by atoms with Gasteiger partial charge in [-0.15, -0.1) is 0 Å². The Morgan fingerprint density at radius 2 is 1.97 bits per heavy atom. The maximum atomic E-state index is 13.7. The van der Waals surface area contributed by atoms with Crippen molar-refractivity contribution in [2.75, 3.05) is 0 Å². The van der Waals surface area contributed by atoms with Gasteiger partial charge in [0.2, 0.25) is 5.91 Å². The summed E-state index contributed by atoms with van der Waals surface area (Å²) in [6.45, 7) is 3.77. The molecule has 0 aliphatic carbocycles. The van der Waals surface area contributed by atoms with E-state index in [1.807, 2.05) is 13.8 Å². The molecule has 4 N–H and O–H groups in total. The Balaban J connectivity index is 2.16. The molecule has 0 saturated heterocycles. The molecule has 0 aliphatic heterocycles. The molecule has 0 fully saturated rings. The molecule has 1 heterocycles. The molecule has 0 bridgehead atoms. The molecule has 2 rings (SSSR count). The van der Waals surface area contributed by atoms with E-state index in [-0.39, 0.29) is 18.0 Å². The number of aromatic nitrogens is 2. The van der Waals surface area contributed by atoms with Crippen LogP contribution in [0.3, 0.4) is 0 Å². The number of rotatable bonds is 9. The molecule has 0 spiro atoms.